The zero-order valence-electron chi connectivity index (χ0n) is 18.9. The number of benzene rings is 3. The molecule has 1 N–H and O–H groups in total. The van der Waals surface area contributed by atoms with Crippen LogP contribution in [0, 0.1) is 0 Å². The van der Waals surface area contributed by atoms with Crippen LogP contribution in [0.15, 0.2) is 84.0 Å². The van der Waals surface area contributed by atoms with Crippen molar-refractivity contribution < 1.29 is 19.0 Å². The predicted molar refractivity (Wildman–Crippen MR) is 129 cm³/mol. The summed E-state index contributed by atoms with van der Waals surface area (Å²) in [5.41, 5.74) is 4.43. The number of aromatic amines is 1. The number of hydrogen-bond donors (Lipinski definition) is 1. The number of aliphatic imine (C=N–C) groups is 1. The van der Waals surface area contributed by atoms with E-state index in [1.165, 1.54) is 7.11 Å². The largest absolute Gasteiger partial charge is 0.493 e. The van der Waals surface area contributed by atoms with E-state index in [1.54, 1.807) is 14.2 Å². The molecule has 6 nitrogen and oxygen atoms in total. The normalized spacial score (nSPS) is 11.6. The third-order valence-corrected chi connectivity index (χ3v) is 5.54. The standard InChI is InChI=1S/C27H26N2O4/c1-31-24-15-21-20(17-28-22(21)16-25(24)32-2)14-23(27(30)33-3)29-26(18-10-6-4-7-11-18)19-12-8-5-9-13-19/h4-13,15-17,23,28H,14H2,1-3H3. The number of aromatic nitrogens is 1. The van der Waals surface area contributed by atoms with Crippen LogP contribution in [0.5, 0.6) is 11.5 Å². The maximum absolute atomic E-state index is 12.8. The lowest BCUT2D eigenvalue weighted by Crippen LogP contribution is -2.25. The number of fused-ring (bicyclic) bond motifs is 1. The van der Waals surface area contributed by atoms with Gasteiger partial charge in [0.25, 0.3) is 0 Å². The van der Waals surface area contributed by atoms with E-state index < -0.39 is 12.0 Å². The summed E-state index contributed by atoms with van der Waals surface area (Å²) in [5, 5.41) is 0.942. The Hall–Kier alpha value is -4.06. The fourth-order valence-corrected chi connectivity index (χ4v) is 3.87. The van der Waals surface area contributed by atoms with Crippen LogP contribution in [0.4, 0.5) is 0 Å². The van der Waals surface area contributed by atoms with Crippen molar-refractivity contribution in [1.82, 2.24) is 4.98 Å². The molecule has 0 saturated heterocycles. The molecule has 4 rings (SSSR count). The van der Waals surface area contributed by atoms with Crippen molar-refractivity contribution in [1.29, 1.82) is 0 Å². The van der Waals surface area contributed by atoms with Gasteiger partial charge in [0, 0.05) is 40.7 Å². The molecule has 0 bridgehead atoms. The molecular weight excluding hydrogens is 416 g/mol. The summed E-state index contributed by atoms with van der Waals surface area (Å²) in [5.74, 6) is 0.865. The van der Waals surface area contributed by atoms with Crippen LogP contribution in [0.2, 0.25) is 0 Å². The Morgan fingerprint density at radius 2 is 1.45 bits per heavy atom. The van der Waals surface area contributed by atoms with Crippen LogP contribution in [0.25, 0.3) is 10.9 Å². The Morgan fingerprint density at radius 3 is 2.00 bits per heavy atom. The van der Waals surface area contributed by atoms with Gasteiger partial charge in [0.2, 0.25) is 0 Å². The van der Waals surface area contributed by atoms with E-state index in [4.69, 9.17) is 19.2 Å². The lowest BCUT2D eigenvalue weighted by Gasteiger charge is -2.15. The SMILES string of the molecule is COC(=O)C(Cc1c[nH]c2cc(OC)c(OC)cc12)N=C(c1ccccc1)c1ccccc1. The molecule has 1 heterocycles. The van der Waals surface area contributed by atoms with Gasteiger partial charge in [0.05, 0.1) is 27.0 Å². The van der Waals surface area contributed by atoms with E-state index in [1.807, 2.05) is 79.0 Å². The van der Waals surface area contributed by atoms with E-state index in [-0.39, 0.29) is 0 Å². The summed E-state index contributed by atoms with van der Waals surface area (Å²) in [6.07, 6.45) is 2.25. The highest BCUT2D eigenvalue weighted by Gasteiger charge is 2.23. The van der Waals surface area contributed by atoms with Crippen LogP contribution < -0.4 is 9.47 Å². The second-order valence-corrected chi connectivity index (χ2v) is 7.52. The molecule has 33 heavy (non-hydrogen) atoms. The van der Waals surface area contributed by atoms with Gasteiger partial charge in [-0.3, -0.25) is 4.99 Å². The number of methoxy groups -OCH3 is 3. The van der Waals surface area contributed by atoms with Crippen LogP contribution in [-0.4, -0.2) is 44.0 Å². The van der Waals surface area contributed by atoms with E-state index in [2.05, 4.69) is 4.98 Å². The minimum Gasteiger partial charge on any atom is -0.493 e. The minimum atomic E-state index is -0.725. The summed E-state index contributed by atoms with van der Waals surface area (Å²) in [6, 6.07) is 22.8. The molecule has 0 aliphatic heterocycles. The molecule has 1 unspecified atom stereocenters. The lowest BCUT2D eigenvalue weighted by atomic mass is 10.0. The van der Waals surface area contributed by atoms with Gasteiger partial charge in [0.1, 0.15) is 0 Å². The van der Waals surface area contributed by atoms with Crippen molar-refractivity contribution in [3.05, 3.63) is 95.7 Å². The zero-order valence-corrected chi connectivity index (χ0v) is 18.9. The molecule has 1 aromatic heterocycles. The van der Waals surface area contributed by atoms with E-state index in [0.29, 0.717) is 17.9 Å². The Morgan fingerprint density at radius 1 is 0.879 bits per heavy atom. The molecule has 0 aliphatic rings. The average Bonchev–Trinajstić information content (AvgIpc) is 3.27. The first-order chi connectivity index (χ1) is 16.1. The number of hydrogen-bond acceptors (Lipinski definition) is 5. The topological polar surface area (TPSA) is 72.9 Å². The molecule has 6 heteroatoms. The summed E-state index contributed by atoms with van der Waals surface area (Å²) in [6.45, 7) is 0. The predicted octanol–water partition coefficient (Wildman–Crippen LogP) is 4.81. The smallest absolute Gasteiger partial charge is 0.330 e. The molecule has 1 atom stereocenters. The number of esters is 1. The summed E-state index contributed by atoms with van der Waals surface area (Å²) >= 11 is 0. The van der Waals surface area contributed by atoms with E-state index >= 15 is 0 Å². The number of nitrogens with zero attached hydrogens (tertiary/aromatic N) is 1. The van der Waals surface area contributed by atoms with Gasteiger partial charge in [-0.1, -0.05) is 60.7 Å². The summed E-state index contributed by atoms with van der Waals surface area (Å²) < 4.78 is 16.0. The van der Waals surface area contributed by atoms with Crippen molar-refractivity contribution in [2.75, 3.05) is 21.3 Å². The quantitative estimate of drug-likeness (QED) is 0.314. The molecule has 4 aromatic rings. The highest BCUT2D eigenvalue weighted by atomic mass is 16.5. The molecular formula is C27H26N2O4. The fourth-order valence-electron chi connectivity index (χ4n) is 3.87. The Labute approximate surface area is 192 Å². The number of nitrogens with one attached hydrogen (secondary N) is 1. The molecule has 0 spiro atoms. The molecule has 0 saturated carbocycles. The van der Waals surface area contributed by atoms with Crippen LogP contribution >= 0.6 is 0 Å². The van der Waals surface area contributed by atoms with Gasteiger partial charge in [-0.15, -0.1) is 0 Å². The van der Waals surface area contributed by atoms with Gasteiger partial charge in [-0.25, -0.2) is 4.79 Å². The van der Waals surface area contributed by atoms with Gasteiger partial charge < -0.3 is 19.2 Å². The van der Waals surface area contributed by atoms with Crippen LogP contribution in [0.1, 0.15) is 16.7 Å². The monoisotopic (exact) mass is 442 g/mol. The van der Waals surface area contributed by atoms with Crippen LogP contribution in [0.3, 0.4) is 0 Å². The maximum Gasteiger partial charge on any atom is 0.330 e. The van der Waals surface area contributed by atoms with Gasteiger partial charge in [-0.05, 0) is 11.6 Å². The lowest BCUT2D eigenvalue weighted by molar-refractivity contribution is -0.142. The highest BCUT2D eigenvalue weighted by molar-refractivity contribution is 6.13. The number of rotatable bonds is 8. The molecule has 0 amide bonds. The Bertz CT molecular complexity index is 1220. The van der Waals surface area contributed by atoms with Gasteiger partial charge in [-0.2, -0.15) is 0 Å². The first-order valence-electron chi connectivity index (χ1n) is 10.6. The van der Waals surface area contributed by atoms with E-state index in [9.17, 15) is 4.79 Å². The number of ether oxygens (including phenoxy) is 3. The second-order valence-electron chi connectivity index (χ2n) is 7.52. The molecule has 168 valence electrons. The molecule has 3 aromatic carbocycles. The van der Waals surface area contributed by atoms with Crippen molar-refractivity contribution in [3.63, 3.8) is 0 Å². The van der Waals surface area contributed by atoms with Crippen molar-refractivity contribution in [2.45, 2.75) is 12.5 Å². The van der Waals surface area contributed by atoms with E-state index in [0.717, 1.165) is 33.3 Å². The van der Waals surface area contributed by atoms with Crippen molar-refractivity contribution >= 4 is 22.6 Å². The van der Waals surface area contributed by atoms with Gasteiger partial charge >= 0.3 is 5.97 Å². The zero-order chi connectivity index (χ0) is 23.2. The molecule has 0 radical (unpaired) electrons. The first-order valence-corrected chi connectivity index (χ1v) is 10.6. The first kappa shape index (κ1) is 22.1. The molecule has 0 fully saturated rings. The number of carbonyl (C=O) groups excluding carboxylic acids is 1. The number of H-pyrrole nitrogens is 1. The van der Waals surface area contributed by atoms with Crippen molar-refractivity contribution in [3.8, 4) is 11.5 Å². The Balaban J connectivity index is 1.78. The Kier molecular flexibility index (Phi) is 6.74. The fraction of sp³-hybridized carbons (Fsp3) is 0.185. The average molecular weight is 443 g/mol. The maximum atomic E-state index is 12.8. The van der Waals surface area contributed by atoms with Gasteiger partial charge in [0.15, 0.2) is 17.5 Å². The summed E-state index contributed by atoms with van der Waals surface area (Å²) in [4.78, 5) is 21.0. The number of carbonyl (C=O) groups is 1. The molecule has 0 aliphatic carbocycles. The third-order valence-electron chi connectivity index (χ3n) is 5.54. The minimum absolute atomic E-state index is 0.366. The third kappa shape index (κ3) is 4.75. The summed E-state index contributed by atoms with van der Waals surface area (Å²) in [7, 11) is 4.59. The van der Waals surface area contributed by atoms with Crippen molar-refractivity contribution in [2.24, 2.45) is 4.99 Å². The van der Waals surface area contributed by atoms with Crippen LogP contribution in [-0.2, 0) is 16.0 Å². The highest BCUT2D eigenvalue weighted by Crippen LogP contribution is 2.34. The second kappa shape index (κ2) is 10.0.